The molecule has 3 heterocycles. The van der Waals surface area contributed by atoms with Crippen molar-refractivity contribution >= 4 is 51.6 Å². The average Bonchev–Trinajstić information content (AvgIpc) is 3.42. The molecule has 0 bridgehead atoms. The maximum atomic E-state index is 12.1. The van der Waals surface area contributed by atoms with E-state index in [0.717, 1.165) is 18.6 Å². The number of likely N-dealkylation sites (tertiary alicyclic amines) is 1. The smallest absolute Gasteiger partial charge is 0.348 e. The molecule has 13 nitrogen and oxygen atoms in total. The zero-order valence-corrected chi connectivity index (χ0v) is 20.7. The van der Waals surface area contributed by atoms with Gasteiger partial charge in [-0.3, -0.25) is 18.9 Å². The molecular weight excluding hydrogens is 504 g/mol. The summed E-state index contributed by atoms with van der Waals surface area (Å²) in [5.41, 5.74) is 0. The van der Waals surface area contributed by atoms with Crippen molar-refractivity contribution < 1.29 is 42.0 Å². The molecule has 0 radical (unpaired) electrons. The Hall–Kier alpha value is -2.39. The molecular formula is C20H30N4O9S2. The van der Waals surface area contributed by atoms with E-state index < -0.39 is 39.2 Å². The molecule has 196 valence electrons. The lowest BCUT2D eigenvalue weighted by molar-refractivity contribution is -0.157. The van der Waals surface area contributed by atoms with Crippen LogP contribution in [0.25, 0.3) is 0 Å². The third kappa shape index (κ3) is 5.89. The van der Waals surface area contributed by atoms with Gasteiger partial charge in [0.25, 0.3) is 4.87 Å². The predicted octanol–water partition coefficient (Wildman–Crippen LogP) is -0.184. The van der Waals surface area contributed by atoms with Crippen molar-refractivity contribution in [2.75, 3.05) is 12.3 Å². The Kier molecular flexibility index (Phi) is 8.64. The number of thioether (sulfide) groups is 1. The zero-order chi connectivity index (χ0) is 25.8. The molecule has 0 spiro atoms. The van der Waals surface area contributed by atoms with Crippen LogP contribution in [0, 0.1) is 0 Å². The van der Waals surface area contributed by atoms with E-state index in [0.29, 0.717) is 11.7 Å². The van der Waals surface area contributed by atoms with Crippen molar-refractivity contribution in [3.8, 4) is 0 Å². The lowest BCUT2D eigenvalue weighted by Crippen LogP contribution is -2.61. The SMILES string of the molecule is O=C(CCCC[C@@H]1SC[C@@H]2NC(=O)N[C@@H]21)NCCCCC(C(=O)O)(N1C(=O)CCC1=O)S(=O)(=O)O. The number of carbonyl (C=O) groups is 5. The van der Waals surface area contributed by atoms with Crippen LogP contribution in [0.2, 0.25) is 0 Å². The molecule has 35 heavy (non-hydrogen) atoms. The van der Waals surface area contributed by atoms with Crippen LogP contribution in [-0.4, -0.2) is 87.2 Å². The first kappa shape index (κ1) is 27.2. The van der Waals surface area contributed by atoms with E-state index in [1.165, 1.54) is 0 Å². The fourth-order valence-corrected chi connectivity index (χ4v) is 7.33. The molecule has 4 atom stereocenters. The van der Waals surface area contributed by atoms with Crippen molar-refractivity contribution in [2.45, 2.75) is 80.0 Å². The predicted molar refractivity (Wildman–Crippen MR) is 124 cm³/mol. The van der Waals surface area contributed by atoms with Gasteiger partial charge in [-0.1, -0.05) is 6.42 Å². The maximum absolute atomic E-state index is 12.1. The Morgan fingerprint density at radius 3 is 2.40 bits per heavy atom. The van der Waals surface area contributed by atoms with Gasteiger partial charge in [0.15, 0.2) is 0 Å². The van der Waals surface area contributed by atoms with Crippen molar-refractivity contribution in [1.29, 1.82) is 0 Å². The molecule has 3 fully saturated rings. The summed E-state index contributed by atoms with van der Waals surface area (Å²) in [4.78, 5) is 56.5. The van der Waals surface area contributed by atoms with Crippen molar-refractivity contribution in [3.05, 3.63) is 0 Å². The van der Waals surface area contributed by atoms with Gasteiger partial charge in [0.1, 0.15) is 0 Å². The first-order valence-electron chi connectivity index (χ1n) is 11.5. The average molecular weight is 535 g/mol. The summed E-state index contributed by atoms with van der Waals surface area (Å²) < 4.78 is 33.6. The van der Waals surface area contributed by atoms with E-state index in [-0.39, 0.29) is 67.6 Å². The van der Waals surface area contributed by atoms with E-state index in [4.69, 9.17) is 0 Å². The number of urea groups is 1. The summed E-state index contributed by atoms with van der Waals surface area (Å²) in [5.74, 6) is -3.28. The van der Waals surface area contributed by atoms with Crippen LogP contribution in [0.4, 0.5) is 4.79 Å². The standard InChI is InChI=1S/C20H30N4O9S2/c25-14(6-2-1-5-13-17-12(11-34-13)22-19(30)23-17)21-10-4-3-9-20(18(28)29,35(31,32)33)24-15(26)7-8-16(24)27/h12-13,17H,1-11H2,(H,21,25)(H,28,29)(H2,22,23,30)(H,31,32,33)/t12-,13-,17-,20?/m0/s1. The molecule has 1 unspecified atom stereocenters. The second kappa shape index (κ2) is 11.1. The Balaban J connectivity index is 1.38. The Bertz CT molecular complexity index is 973. The van der Waals surface area contributed by atoms with E-state index in [2.05, 4.69) is 16.0 Å². The van der Waals surface area contributed by atoms with E-state index in [1.807, 2.05) is 0 Å². The Morgan fingerprint density at radius 1 is 1.09 bits per heavy atom. The van der Waals surface area contributed by atoms with E-state index in [9.17, 15) is 42.0 Å². The summed E-state index contributed by atoms with van der Waals surface area (Å²) in [6.07, 6.45) is 1.40. The minimum Gasteiger partial charge on any atom is -0.479 e. The number of carboxylic acids is 1. The first-order chi connectivity index (χ1) is 16.5. The quantitative estimate of drug-likeness (QED) is 0.0913. The van der Waals surface area contributed by atoms with E-state index >= 15 is 0 Å². The number of aliphatic carboxylic acids is 1. The highest BCUT2D eigenvalue weighted by atomic mass is 32.2. The number of nitrogens with one attached hydrogen (secondary N) is 3. The monoisotopic (exact) mass is 534 g/mol. The fourth-order valence-electron chi connectivity index (χ4n) is 4.73. The van der Waals surface area contributed by atoms with Gasteiger partial charge in [0.2, 0.25) is 17.7 Å². The number of imide groups is 1. The van der Waals surface area contributed by atoms with Gasteiger partial charge >= 0.3 is 22.1 Å². The molecule has 5 amide bonds. The fraction of sp³-hybridized carbons (Fsp3) is 0.750. The summed E-state index contributed by atoms with van der Waals surface area (Å²) in [6, 6.07) is 0.136. The zero-order valence-electron chi connectivity index (χ0n) is 19.0. The maximum Gasteiger partial charge on any atom is 0.348 e. The summed E-state index contributed by atoms with van der Waals surface area (Å²) >= 11 is 1.80. The van der Waals surface area contributed by atoms with Crippen LogP contribution < -0.4 is 16.0 Å². The molecule has 15 heteroatoms. The highest BCUT2D eigenvalue weighted by molar-refractivity contribution is 8.00. The van der Waals surface area contributed by atoms with Gasteiger partial charge in [-0.15, -0.1) is 0 Å². The minimum absolute atomic E-state index is 0.0787. The third-order valence-corrected chi connectivity index (χ3v) is 9.44. The van der Waals surface area contributed by atoms with Crippen molar-refractivity contribution in [2.24, 2.45) is 0 Å². The molecule has 3 aliphatic heterocycles. The molecule has 3 rings (SSSR count). The Labute approximate surface area is 206 Å². The molecule has 0 aliphatic carbocycles. The van der Waals surface area contributed by atoms with Gasteiger partial charge in [-0.2, -0.15) is 20.2 Å². The van der Waals surface area contributed by atoms with Crippen LogP contribution in [0.5, 0.6) is 0 Å². The van der Waals surface area contributed by atoms with Crippen LogP contribution in [0.3, 0.4) is 0 Å². The number of hydrogen-bond donors (Lipinski definition) is 5. The molecule has 0 saturated carbocycles. The van der Waals surface area contributed by atoms with Gasteiger partial charge in [-0.25, -0.2) is 14.5 Å². The third-order valence-electron chi connectivity index (χ3n) is 6.52. The van der Waals surface area contributed by atoms with Crippen LogP contribution in [-0.2, 0) is 29.3 Å². The second-order valence-corrected chi connectivity index (χ2v) is 11.8. The van der Waals surface area contributed by atoms with Crippen LogP contribution in [0.1, 0.15) is 57.8 Å². The van der Waals surface area contributed by atoms with Gasteiger partial charge in [0, 0.05) is 36.8 Å². The number of fused-ring (bicyclic) bond motifs is 1. The normalized spacial score (nSPS) is 25.7. The number of unbranched alkanes of at least 4 members (excludes halogenated alkanes) is 2. The minimum atomic E-state index is -5.34. The van der Waals surface area contributed by atoms with Crippen LogP contribution in [0.15, 0.2) is 0 Å². The van der Waals surface area contributed by atoms with Crippen LogP contribution >= 0.6 is 11.8 Å². The van der Waals surface area contributed by atoms with Crippen molar-refractivity contribution in [3.63, 3.8) is 0 Å². The van der Waals surface area contributed by atoms with E-state index in [1.54, 1.807) is 11.8 Å². The molecule has 0 aromatic carbocycles. The lowest BCUT2D eigenvalue weighted by Gasteiger charge is -2.33. The van der Waals surface area contributed by atoms with Crippen molar-refractivity contribution in [1.82, 2.24) is 20.9 Å². The lowest BCUT2D eigenvalue weighted by atomic mass is 10.0. The Morgan fingerprint density at radius 2 is 1.77 bits per heavy atom. The van der Waals surface area contributed by atoms with Gasteiger partial charge in [0.05, 0.1) is 12.1 Å². The number of carbonyl (C=O) groups excluding carboxylic acids is 4. The number of nitrogens with zero attached hydrogens (tertiary/aromatic N) is 1. The highest BCUT2D eigenvalue weighted by Crippen LogP contribution is 2.34. The molecule has 3 saturated heterocycles. The molecule has 0 aromatic heterocycles. The van der Waals surface area contributed by atoms with Gasteiger partial charge in [-0.05, 0) is 32.1 Å². The molecule has 3 aliphatic rings. The summed E-state index contributed by atoms with van der Waals surface area (Å²) in [5, 5.41) is 18.4. The molecule has 5 N–H and O–H groups in total. The first-order valence-corrected chi connectivity index (χ1v) is 14.0. The summed E-state index contributed by atoms with van der Waals surface area (Å²) in [6.45, 7) is 0.141. The number of amides is 5. The number of hydrogen-bond acceptors (Lipinski definition) is 8. The second-order valence-electron chi connectivity index (χ2n) is 8.86. The number of rotatable bonds is 13. The highest BCUT2D eigenvalue weighted by Gasteiger charge is 2.60. The van der Waals surface area contributed by atoms with Gasteiger partial charge < -0.3 is 21.1 Å². The topological polar surface area (TPSA) is 199 Å². The largest absolute Gasteiger partial charge is 0.479 e. The summed E-state index contributed by atoms with van der Waals surface area (Å²) in [7, 11) is -5.34. The molecule has 0 aromatic rings. The number of carboxylic acid groups (broad SMARTS) is 1.